The first kappa shape index (κ1) is 30.2. The molecule has 0 radical (unpaired) electrons. The van der Waals surface area contributed by atoms with E-state index < -0.39 is 23.8 Å². The molecule has 0 bridgehead atoms. The predicted molar refractivity (Wildman–Crippen MR) is 178 cm³/mol. The van der Waals surface area contributed by atoms with Gasteiger partial charge in [-0.2, -0.15) is 5.10 Å². The van der Waals surface area contributed by atoms with E-state index in [0.717, 1.165) is 91.3 Å². The molecule has 4 aromatic rings. The molecule has 4 aliphatic rings. The summed E-state index contributed by atoms with van der Waals surface area (Å²) in [7, 11) is 0. The van der Waals surface area contributed by atoms with Crippen LogP contribution in [-0.2, 0) is 9.59 Å². The molecule has 1 saturated carbocycles. The number of imide groups is 2. The Morgan fingerprint density at radius 3 is 2.58 bits per heavy atom. The van der Waals surface area contributed by atoms with Gasteiger partial charge in [-0.25, -0.2) is 4.98 Å². The van der Waals surface area contributed by atoms with E-state index >= 15 is 0 Å². The molecule has 3 aliphatic heterocycles. The van der Waals surface area contributed by atoms with Gasteiger partial charge in [-0.1, -0.05) is 0 Å². The largest absolute Gasteiger partial charge is 0.385 e. The molecule has 3 fully saturated rings. The van der Waals surface area contributed by atoms with Crippen molar-refractivity contribution in [3.63, 3.8) is 0 Å². The average molecular weight is 648 g/mol. The van der Waals surface area contributed by atoms with Crippen molar-refractivity contribution in [1.82, 2.24) is 35.3 Å². The van der Waals surface area contributed by atoms with E-state index in [-0.39, 0.29) is 29.9 Å². The molecule has 2 saturated heterocycles. The number of aromatic nitrogens is 4. The van der Waals surface area contributed by atoms with Gasteiger partial charge in [0, 0.05) is 62.3 Å². The lowest BCUT2D eigenvalue weighted by Crippen LogP contribution is -2.54. The molecular formula is C35H37N9O4. The minimum atomic E-state index is -0.963. The van der Waals surface area contributed by atoms with Gasteiger partial charge in [0.2, 0.25) is 11.8 Å². The van der Waals surface area contributed by atoms with Crippen molar-refractivity contribution in [1.29, 1.82) is 0 Å². The Morgan fingerprint density at radius 2 is 1.75 bits per heavy atom. The topological polar surface area (TPSA) is 154 Å². The molecule has 5 heterocycles. The Kier molecular flexibility index (Phi) is 7.83. The molecule has 8 rings (SSSR count). The summed E-state index contributed by atoms with van der Waals surface area (Å²) in [5, 5.41) is 13.6. The van der Waals surface area contributed by atoms with Crippen molar-refractivity contribution < 1.29 is 19.2 Å². The van der Waals surface area contributed by atoms with Crippen LogP contribution in [0.1, 0.15) is 65.3 Å². The molecule has 3 N–H and O–H groups in total. The van der Waals surface area contributed by atoms with Gasteiger partial charge in [0.25, 0.3) is 11.8 Å². The van der Waals surface area contributed by atoms with Gasteiger partial charge in [-0.3, -0.25) is 39.1 Å². The van der Waals surface area contributed by atoms with Crippen molar-refractivity contribution in [2.45, 2.75) is 50.6 Å². The van der Waals surface area contributed by atoms with E-state index in [1.807, 2.05) is 12.4 Å². The minimum Gasteiger partial charge on any atom is -0.385 e. The second kappa shape index (κ2) is 12.5. The number of fused-ring (bicyclic) bond motifs is 2. The van der Waals surface area contributed by atoms with Crippen LogP contribution in [0.4, 0.5) is 11.4 Å². The lowest BCUT2D eigenvalue weighted by atomic mass is 9.77. The highest BCUT2D eigenvalue weighted by atomic mass is 16.2. The Labute approximate surface area is 277 Å². The third-order valence-electron chi connectivity index (χ3n) is 10.0. The Bertz CT molecular complexity index is 1930. The van der Waals surface area contributed by atoms with Crippen molar-refractivity contribution in [2.24, 2.45) is 5.92 Å². The second-order valence-corrected chi connectivity index (χ2v) is 13.1. The fraction of sp³-hybridized carbons (Fsp3) is 0.400. The summed E-state index contributed by atoms with van der Waals surface area (Å²) in [6.07, 6.45) is 10.2. The van der Waals surface area contributed by atoms with Crippen LogP contribution in [0.25, 0.3) is 22.3 Å². The normalized spacial score (nSPS) is 22.5. The van der Waals surface area contributed by atoms with Gasteiger partial charge in [-0.15, -0.1) is 0 Å². The number of carbonyl (C=O) groups is 4. The van der Waals surface area contributed by atoms with Crippen molar-refractivity contribution in [2.75, 3.05) is 42.9 Å². The number of piperidine rings is 1. The van der Waals surface area contributed by atoms with Crippen LogP contribution in [0.3, 0.4) is 0 Å². The van der Waals surface area contributed by atoms with E-state index in [1.54, 1.807) is 18.2 Å². The van der Waals surface area contributed by atoms with Crippen LogP contribution < -0.4 is 20.9 Å². The molecule has 246 valence electrons. The molecule has 4 amide bonds. The summed E-state index contributed by atoms with van der Waals surface area (Å²) >= 11 is 0. The Morgan fingerprint density at radius 1 is 0.917 bits per heavy atom. The zero-order valence-corrected chi connectivity index (χ0v) is 26.5. The number of piperazine rings is 1. The quantitative estimate of drug-likeness (QED) is 0.182. The second-order valence-electron chi connectivity index (χ2n) is 13.1. The van der Waals surface area contributed by atoms with Gasteiger partial charge in [-0.05, 0) is 74.4 Å². The van der Waals surface area contributed by atoms with Crippen LogP contribution in [0, 0.1) is 5.92 Å². The zero-order valence-electron chi connectivity index (χ0n) is 26.5. The summed E-state index contributed by atoms with van der Waals surface area (Å²) in [6, 6.07) is 10.8. The Hall–Kier alpha value is -5.17. The van der Waals surface area contributed by atoms with Gasteiger partial charge >= 0.3 is 0 Å². The van der Waals surface area contributed by atoms with Crippen LogP contribution in [0.15, 0.2) is 55.0 Å². The molecule has 1 atom stereocenters. The SMILES string of the molecule is O=C1CCC(N2C(=O)c3ccc(NCCC[C@H]4C[C@@H](n5cc(-c6cnc7cc(N8CCNCC8)ccc7n6)cn5)C4)cc3C2=O)C(=O)N1. The average Bonchev–Trinajstić information content (AvgIpc) is 3.66. The van der Waals surface area contributed by atoms with E-state index in [0.29, 0.717) is 12.0 Å². The van der Waals surface area contributed by atoms with E-state index in [9.17, 15) is 19.2 Å². The summed E-state index contributed by atoms with van der Waals surface area (Å²) in [6.45, 7) is 4.71. The number of nitrogens with one attached hydrogen (secondary N) is 3. The van der Waals surface area contributed by atoms with E-state index in [2.05, 4.69) is 55.0 Å². The standard InChI is InChI=1S/C35H37N9O4/c45-32-8-7-31(33(46)41-32)44-34(47)26-5-3-23(16-27(26)35(44)48)37-9-1-2-21-14-25(15-21)43-20-22(18-39-43)30-19-38-29-17-24(4-6-28(29)40-30)42-12-10-36-11-13-42/h3-6,16-21,25,31,36-37H,1-2,7-15H2,(H,41,45,46)/t21-,25+,31?. The Balaban J connectivity index is 0.809. The lowest BCUT2D eigenvalue weighted by molar-refractivity contribution is -0.136. The van der Waals surface area contributed by atoms with Crippen LogP contribution in [0.5, 0.6) is 0 Å². The third-order valence-corrected chi connectivity index (χ3v) is 10.0. The fourth-order valence-electron chi connectivity index (χ4n) is 7.28. The summed E-state index contributed by atoms with van der Waals surface area (Å²) in [4.78, 5) is 62.8. The first-order valence-electron chi connectivity index (χ1n) is 16.8. The lowest BCUT2D eigenvalue weighted by Gasteiger charge is -2.35. The number of amides is 4. The highest BCUT2D eigenvalue weighted by Crippen LogP contribution is 2.40. The number of anilines is 2. The molecule has 0 spiro atoms. The summed E-state index contributed by atoms with van der Waals surface area (Å²) < 4.78 is 2.06. The van der Waals surface area contributed by atoms with Crippen LogP contribution >= 0.6 is 0 Å². The van der Waals surface area contributed by atoms with Crippen molar-refractivity contribution in [3.05, 3.63) is 66.1 Å². The van der Waals surface area contributed by atoms with Crippen LogP contribution in [-0.4, -0.2) is 87.0 Å². The highest BCUT2D eigenvalue weighted by Gasteiger charge is 2.44. The van der Waals surface area contributed by atoms with Gasteiger partial charge in [0.1, 0.15) is 6.04 Å². The predicted octanol–water partition coefficient (Wildman–Crippen LogP) is 3.15. The van der Waals surface area contributed by atoms with Gasteiger partial charge < -0.3 is 15.5 Å². The van der Waals surface area contributed by atoms with Crippen molar-refractivity contribution >= 4 is 46.0 Å². The smallest absolute Gasteiger partial charge is 0.262 e. The number of hydrogen-bond donors (Lipinski definition) is 3. The van der Waals surface area contributed by atoms with Gasteiger partial charge in [0.15, 0.2) is 0 Å². The highest BCUT2D eigenvalue weighted by molar-refractivity contribution is 6.23. The molecule has 2 aromatic heterocycles. The zero-order chi connectivity index (χ0) is 32.8. The number of benzene rings is 2. The van der Waals surface area contributed by atoms with E-state index in [1.165, 1.54) is 5.69 Å². The summed E-state index contributed by atoms with van der Waals surface area (Å²) in [5.74, 6) is -1.37. The minimum absolute atomic E-state index is 0.0976. The third kappa shape index (κ3) is 5.68. The first-order valence-corrected chi connectivity index (χ1v) is 16.8. The van der Waals surface area contributed by atoms with Crippen molar-refractivity contribution in [3.8, 4) is 11.3 Å². The molecular weight excluding hydrogens is 610 g/mol. The number of hydrogen-bond acceptors (Lipinski definition) is 10. The maximum atomic E-state index is 13.1. The number of carbonyl (C=O) groups excluding carboxylic acids is 4. The summed E-state index contributed by atoms with van der Waals surface area (Å²) in [5.41, 5.74) is 6.08. The maximum Gasteiger partial charge on any atom is 0.262 e. The molecule has 48 heavy (non-hydrogen) atoms. The van der Waals surface area contributed by atoms with Gasteiger partial charge in [0.05, 0.1) is 46.3 Å². The molecule has 13 heteroatoms. The monoisotopic (exact) mass is 647 g/mol. The number of nitrogens with zero attached hydrogens (tertiary/aromatic N) is 6. The molecule has 1 unspecified atom stereocenters. The molecule has 13 nitrogen and oxygen atoms in total. The number of rotatable bonds is 9. The first-order chi connectivity index (χ1) is 23.4. The molecule has 1 aliphatic carbocycles. The van der Waals surface area contributed by atoms with Crippen LogP contribution in [0.2, 0.25) is 0 Å². The fourth-order valence-corrected chi connectivity index (χ4v) is 7.28. The molecule has 2 aromatic carbocycles. The van der Waals surface area contributed by atoms with E-state index in [4.69, 9.17) is 9.97 Å². The maximum absolute atomic E-state index is 13.1.